The Bertz CT molecular complexity index is 1380. The van der Waals surface area contributed by atoms with Gasteiger partial charge in [-0.3, -0.25) is 9.36 Å². The van der Waals surface area contributed by atoms with Crippen molar-refractivity contribution in [2.45, 2.75) is 31.4 Å². The number of hydrogen-bond acceptors (Lipinski definition) is 4. The predicted octanol–water partition coefficient (Wildman–Crippen LogP) is 4.25. The molecule has 1 saturated carbocycles. The van der Waals surface area contributed by atoms with E-state index in [1.807, 2.05) is 29.8 Å². The second-order valence-electron chi connectivity index (χ2n) is 8.53. The van der Waals surface area contributed by atoms with Crippen molar-refractivity contribution in [3.05, 3.63) is 82.4 Å². The number of benzene rings is 2. The lowest BCUT2D eigenvalue weighted by Gasteiger charge is -2.46. The van der Waals surface area contributed by atoms with Gasteiger partial charge in [-0.1, -0.05) is 25.1 Å². The van der Waals surface area contributed by atoms with Gasteiger partial charge in [0.25, 0.3) is 5.56 Å². The van der Waals surface area contributed by atoms with Crippen LogP contribution in [0, 0.1) is 5.92 Å². The van der Waals surface area contributed by atoms with Crippen LogP contribution in [0.1, 0.15) is 36.7 Å². The minimum absolute atomic E-state index is 0.0759. The summed E-state index contributed by atoms with van der Waals surface area (Å²) in [7, 11) is 1.90. The molecule has 0 amide bonds. The smallest absolute Gasteiger partial charge is 0.320 e. The first-order chi connectivity index (χ1) is 15.2. The van der Waals surface area contributed by atoms with Gasteiger partial charge in [0.05, 0.1) is 27.6 Å². The Hall–Kier alpha value is -3.49. The van der Waals surface area contributed by atoms with Crippen LogP contribution in [-0.2, 0) is 18.6 Å². The molecule has 2 aromatic carbocycles. The highest BCUT2D eigenvalue weighted by atomic mass is 19.4. The molecule has 1 aliphatic carbocycles. The van der Waals surface area contributed by atoms with Gasteiger partial charge in [-0.2, -0.15) is 13.2 Å². The summed E-state index contributed by atoms with van der Waals surface area (Å²) in [4.78, 5) is 17.1. The van der Waals surface area contributed by atoms with E-state index in [0.29, 0.717) is 11.6 Å². The summed E-state index contributed by atoms with van der Waals surface area (Å²) in [6.07, 6.45) is 0.0252. The van der Waals surface area contributed by atoms with Gasteiger partial charge >= 0.3 is 6.18 Å². The summed E-state index contributed by atoms with van der Waals surface area (Å²) in [5.74, 6) is 1.37. The molecule has 0 bridgehead atoms. The summed E-state index contributed by atoms with van der Waals surface area (Å²) in [5.41, 5.74) is -0.607. The molecule has 9 heteroatoms. The van der Waals surface area contributed by atoms with Gasteiger partial charge < -0.3 is 4.57 Å². The zero-order valence-electron chi connectivity index (χ0n) is 17.5. The van der Waals surface area contributed by atoms with Crippen LogP contribution in [0.25, 0.3) is 16.6 Å². The minimum Gasteiger partial charge on any atom is -0.320 e. The number of aromatic nitrogens is 5. The van der Waals surface area contributed by atoms with E-state index < -0.39 is 17.3 Å². The average molecular weight is 439 g/mol. The molecule has 0 atom stereocenters. The number of nitrogens with zero attached hydrogens (tertiary/aromatic N) is 5. The van der Waals surface area contributed by atoms with Crippen molar-refractivity contribution in [3.8, 4) is 5.69 Å². The third-order valence-electron chi connectivity index (χ3n) is 6.30. The van der Waals surface area contributed by atoms with Crippen molar-refractivity contribution < 1.29 is 13.2 Å². The van der Waals surface area contributed by atoms with Crippen LogP contribution in [0.2, 0.25) is 0 Å². The van der Waals surface area contributed by atoms with Crippen LogP contribution in [-0.4, -0.2) is 24.3 Å². The maximum atomic E-state index is 13.3. The molecule has 1 aliphatic rings. The van der Waals surface area contributed by atoms with Gasteiger partial charge in [0.1, 0.15) is 18.5 Å². The Labute approximate surface area is 181 Å². The van der Waals surface area contributed by atoms with Gasteiger partial charge in [0, 0.05) is 7.05 Å². The third-order valence-corrected chi connectivity index (χ3v) is 6.30. The van der Waals surface area contributed by atoms with Gasteiger partial charge in [-0.05, 0) is 48.6 Å². The lowest BCUT2D eigenvalue weighted by Crippen LogP contribution is -2.43. The maximum absolute atomic E-state index is 13.3. The molecule has 0 spiro atoms. The Kier molecular flexibility index (Phi) is 4.47. The highest BCUT2D eigenvalue weighted by Gasteiger charge is 2.48. The van der Waals surface area contributed by atoms with Crippen LogP contribution in [0.15, 0.2) is 59.9 Å². The molecule has 0 N–H and O–H groups in total. The molecule has 2 heterocycles. The monoisotopic (exact) mass is 439 g/mol. The Morgan fingerprint density at radius 1 is 1.09 bits per heavy atom. The topological polar surface area (TPSA) is 65.6 Å². The number of rotatable bonds is 3. The molecule has 6 nitrogen and oxygen atoms in total. The van der Waals surface area contributed by atoms with E-state index in [-0.39, 0.29) is 16.3 Å². The molecule has 4 aromatic rings. The minimum atomic E-state index is -4.59. The second-order valence-corrected chi connectivity index (χ2v) is 8.53. The van der Waals surface area contributed by atoms with Crippen LogP contribution < -0.4 is 5.56 Å². The number of halogens is 3. The van der Waals surface area contributed by atoms with Crippen LogP contribution in [0.5, 0.6) is 0 Å². The van der Waals surface area contributed by atoms with Gasteiger partial charge in [0.15, 0.2) is 0 Å². The molecule has 0 unspecified atom stereocenters. The van der Waals surface area contributed by atoms with E-state index in [4.69, 9.17) is 0 Å². The van der Waals surface area contributed by atoms with Crippen molar-refractivity contribution in [2.24, 2.45) is 13.0 Å². The average Bonchev–Trinajstić information content (AvgIpc) is 3.16. The van der Waals surface area contributed by atoms with E-state index in [9.17, 15) is 18.0 Å². The fourth-order valence-corrected chi connectivity index (χ4v) is 4.91. The molecule has 2 aromatic heterocycles. The summed E-state index contributed by atoms with van der Waals surface area (Å²) in [6.45, 7) is 2.18. The van der Waals surface area contributed by atoms with Crippen LogP contribution >= 0.6 is 0 Å². The molecular weight excluding hydrogens is 419 g/mol. The standard InChI is InChI=1S/C23H20F3N5O/c1-14-10-22(11-14,21-29-28-13-30(21)2)15-5-3-6-16(9-15)31-12-27-19-17(20(31)32)7-4-8-18(19)23(24,25)26/h3-9,12-14H,10-11H2,1-2H3. The van der Waals surface area contributed by atoms with E-state index in [1.165, 1.54) is 16.7 Å². The first kappa shape index (κ1) is 20.4. The third kappa shape index (κ3) is 3.03. The van der Waals surface area contributed by atoms with Crippen molar-refractivity contribution >= 4 is 10.9 Å². The number of fused-ring (bicyclic) bond motifs is 1. The van der Waals surface area contributed by atoms with Crippen molar-refractivity contribution in [1.29, 1.82) is 0 Å². The fourth-order valence-electron chi connectivity index (χ4n) is 4.91. The van der Waals surface area contributed by atoms with Crippen molar-refractivity contribution in [2.75, 3.05) is 0 Å². The lowest BCUT2D eigenvalue weighted by molar-refractivity contribution is -0.136. The summed E-state index contributed by atoms with van der Waals surface area (Å²) in [6, 6.07) is 11.0. The Morgan fingerprint density at radius 2 is 1.84 bits per heavy atom. The number of hydrogen-bond donors (Lipinski definition) is 0. The number of aryl methyl sites for hydroxylation is 1. The number of para-hydroxylation sites is 1. The maximum Gasteiger partial charge on any atom is 0.418 e. The number of alkyl halides is 3. The molecule has 0 aliphatic heterocycles. The highest BCUT2D eigenvalue weighted by molar-refractivity contribution is 5.81. The van der Waals surface area contributed by atoms with Crippen LogP contribution in [0.4, 0.5) is 13.2 Å². The van der Waals surface area contributed by atoms with Crippen molar-refractivity contribution in [1.82, 2.24) is 24.3 Å². The fraction of sp³-hybridized carbons (Fsp3) is 0.304. The first-order valence-corrected chi connectivity index (χ1v) is 10.2. The zero-order valence-corrected chi connectivity index (χ0v) is 17.5. The zero-order chi connectivity index (χ0) is 22.7. The SMILES string of the molecule is CC1CC(c2cccc(-n3cnc4c(C(F)(F)F)cccc4c3=O)c2)(c2nncn2C)C1. The molecule has 5 rings (SSSR count). The largest absolute Gasteiger partial charge is 0.418 e. The van der Waals surface area contributed by atoms with Crippen LogP contribution in [0.3, 0.4) is 0 Å². The molecular formula is C23H20F3N5O. The van der Waals surface area contributed by atoms with Gasteiger partial charge in [0.2, 0.25) is 0 Å². The van der Waals surface area contributed by atoms with E-state index in [2.05, 4.69) is 22.1 Å². The predicted molar refractivity (Wildman–Crippen MR) is 113 cm³/mol. The summed E-state index contributed by atoms with van der Waals surface area (Å²) >= 11 is 0. The van der Waals surface area contributed by atoms with Gasteiger partial charge in [-0.15, -0.1) is 10.2 Å². The van der Waals surface area contributed by atoms with E-state index in [0.717, 1.165) is 36.6 Å². The second kappa shape index (κ2) is 7.01. The highest BCUT2D eigenvalue weighted by Crippen LogP contribution is 2.51. The van der Waals surface area contributed by atoms with Crippen molar-refractivity contribution in [3.63, 3.8) is 0 Å². The Balaban J connectivity index is 1.65. The quantitative estimate of drug-likeness (QED) is 0.479. The summed E-state index contributed by atoms with van der Waals surface area (Å²) in [5, 5.41) is 8.30. The van der Waals surface area contributed by atoms with E-state index >= 15 is 0 Å². The normalized spacial score (nSPS) is 21.0. The van der Waals surface area contributed by atoms with E-state index in [1.54, 1.807) is 12.4 Å². The first-order valence-electron chi connectivity index (χ1n) is 10.2. The Morgan fingerprint density at radius 3 is 2.50 bits per heavy atom. The molecule has 0 radical (unpaired) electrons. The lowest BCUT2D eigenvalue weighted by atomic mass is 9.58. The molecule has 0 saturated heterocycles. The summed E-state index contributed by atoms with van der Waals surface area (Å²) < 4.78 is 43.2. The molecule has 32 heavy (non-hydrogen) atoms. The molecule has 1 fully saturated rings. The molecule has 164 valence electrons. The van der Waals surface area contributed by atoms with Gasteiger partial charge in [-0.25, -0.2) is 4.98 Å².